The minimum atomic E-state index is -5.15. The Hall–Kier alpha value is -3.92. The topological polar surface area (TPSA) is 209 Å². The summed E-state index contributed by atoms with van der Waals surface area (Å²) in [6, 6.07) is 11.3. The summed E-state index contributed by atoms with van der Waals surface area (Å²) in [5, 5.41) is 31.0. The molecule has 0 saturated carbocycles. The van der Waals surface area contributed by atoms with E-state index in [-0.39, 0.29) is 28.9 Å². The molecule has 0 aliphatic heterocycles. The average Bonchev–Trinajstić information content (AvgIpc) is 2.80. The van der Waals surface area contributed by atoms with Crippen molar-refractivity contribution in [3.05, 3.63) is 65.2 Å². The molecule has 3 aromatic carbocycles. The van der Waals surface area contributed by atoms with Gasteiger partial charge in [-0.3, -0.25) is 9.35 Å². The number of carbonyl (C=O) groups excluding carboxylic acids is 1. The molecule has 0 aliphatic rings. The van der Waals surface area contributed by atoms with Crippen molar-refractivity contribution in [2.75, 3.05) is 12.8 Å². The Kier molecular flexibility index (Phi) is 7.68. The van der Waals surface area contributed by atoms with Crippen molar-refractivity contribution in [3.8, 4) is 5.75 Å². The maximum atomic E-state index is 12.2. The molecule has 0 atom stereocenters. The maximum absolute atomic E-state index is 12.2. The van der Waals surface area contributed by atoms with Gasteiger partial charge in [-0.15, -0.1) is 8.74 Å². The molecule has 4 N–H and O–H groups in total. The smallest absolute Gasteiger partial charge is 0.412 e. The van der Waals surface area contributed by atoms with Crippen molar-refractivity contribution < 1.29 is 44.8 Å². The van der Waals surface area contributed by atoms with Gasteiger partial charge in [0.25, 0.3) is 16.0 Å². The van der Waals surface area contributed by atoms with Gasteiger partial charge in [0.05, 0.1) is 22.6 Å². The predicted molar refractivity (Wildman–Crippen MR) is 127 cm³/mol. The second-order valence-electron chi connectivity index (χ2n) is 7.32. The van der Waals surface area contributed by atoms with Crippen LogP contribution >= 0.6 is 0 Å². The van der Waals surface area contributed by atoms with Gasteiger partial charge in [0.2, 0.25) is 0 Å². The minimum Gasteiger partial charge on any atom is -0.505 e. The molecular formula is C21H19N3O10S2. The van der Waals surface area contributed by atoms with Crippen LogP contribution in [0.15, 0.2) is 58.8 Å². The van der Waals surface area contributed by atoms with Crippen LogP contribution in [0.25, 0.3) is 10.8 Å². The van der Waals surface area contributed by atoms with Crippen LogP contribution < -0.4 is 5.32 Å². The first-order valence-corrected chi connectivity index (χ1v) is 12.9. The lowest BCUT2D eigenvalue weighted by atomic mass is 10.0. The van der Waals surface area contributed by atoms with Crippen molar-refractivity contribution in [1.29, 1.82) is 0 Å². The Morgan fingerprint density at radius 1 is 1.00 bits per heavy atom. The van der Waals surface area contributed by atoms with E-state index < -0.39 is 43.9 Å². The van der Waals surface area contributed by atoms with Gasteiger partial charge in [-0.25, -0.2) is 4.79 Å². The summed E-state index contributed by atoms with van der Waals surface area (Å²) in [4.78, 5) is 23.5. The monoisotopic (exact) mass is 537 g/mol. The Balaban J connectivity index is 1.90. The number of benzene rings is 3. The van der Waals surface area contributed by atoms with Crippen LogP contribution in [0.2, 0.25) is 0 Å². The zero-order valence-electron chi connectivity index (χ0n) is 18.4. The first kappa shape index (κ1) is 26.7. The molecule has 190 valence electrons. The highest BCUT2D eigenvalue weighted by Gasteiger charge is 2.21. The number of rotatable bonds is 9. The van der Waals surface area contributed by atoms with Gasteiger partial charge in [-0.05, 0) is 47.7 Å². The van der Waals surface area contributed by atoms with Gasteiger partial charge >= 0.3 is 16.4 Å². The fourth-order valence-corrected chi connectivity index (χ4v) is 4.97. The van der Waals surface area contributed by atoms with Crippen LogP contribution in [0.1, 0.15) is 26.3 Å². The van der Waals surface area contributed by atoms with E-state index in [0.717, 1.165) is 0 Å². The summed E-state index contributed by atoms with van der Waals surface area (Å²) in [5.74, 6) is -2.97. The van der Waals surface area contributed by atoms with E-state index in [1.165, 1.54) is 55.6 Å². The molecule has 0 bridgehead atoms. The van der Waals surface area contributed by atoms with Crippen LogP contribution in [0.5, 0.6) is 5.75 Å². The molecule has 0 aliphatic carbocycles. The second-order valence-corrected chi connectivity index (χ2v) is 10.2. The highest BCUT2D eigenvalue weighted by molar-refractivity contribution is 7.97. The van der Waals surface area contributed by atoms with Crippen molar-refractivity contribution in [1.82, 2.24) is 5.32 Å². The molecule has 0 fully saturated rings. The SMILES string of the molecule is CNC(=O)c1cc2cc(C(=O)O)ccc2c(N=Nc2ccc(CCS(=O)(=O)OS(=O)(=O)O)cc2)c1O. The lowest BCUT2D eigenvalue weighted by Crippen LogP contribution is -2.17. The van der Waals surface area contributed by atoms with Gasteiger partial charge in [0.15, 0.2) is 5.75 Å². The molecule has 0 saturated heterocycles. The Morgan fingerprint density at radius 3 is 2.25 bits per heavy atom. The average molecular weight is 538 g/mol. The van der Waals surface area contributed by atoms with Gasteiger partial charge in [-0.1, -0.05) is 18.2 Å². The summed E-state index contributed by atoms with van der Waals surface area (Å²) in [7, 11) is -8.31. The quantitative estimate of drug-likeness (QED) is 0.231. The number of nitrogens with zero attached hydrogens (tertiary/aromatic N) is 2. The van der Waals surface area contributed by atoms with E-state index >= 15 is 0 Å². The molecule has 0 aromatic heterocycles. The molecule has 0 radical (unpaired) electrons. The Bertz CT molecular complexity index is 1580. The maximum Gasteiger partial charge on any atom is 0.412 e. The highest BCUT2D eigenvalue weighted by atomic mass is 32.3. The summed E-state index contributed by atoms with van der Waals surface area (Å²) >= 11 is 0. The number of aryl methyl sites for hydroxylation is 1. The fourth-order valence-electron chi connectivity index (χ4n) is 3.16. The third kappa shape index (κ3) is 6.60. The zero-order chi connectivity index (χ0) is 26.7. The highest BCUT2D eigenvalue weighted by Crippen LogP contribution is 2.39. The summed E-state index contributed by atoms with van der Waals surface area (Å²) in [5.41, 5.74) is 0.535. The number of amides is 1. The van der Waals surface area contributed by atoms with Crippen LogP contribution in [0.4, 0.5) is 11.4 Å². The Labute approximate surface area is 205 Å². The van der Waals surface area contributed by atoms with Gasteiger partial charge in [0.1, 0.15) is 5.69 Å². The molecule has 0 heterocycles. The molecule has 3 aromatic rings. The van der Waals surface area contributed by atoms with Crippen LogP contribution in [-0.2, 0) is 30.6 Å². The van der Waals surface area contributed by atoms with Crippen molar-refractivity contribution in [2.45, 2.75) is 6.42 Å². The molecule has 0 unspecified atom stereocenters. The van der Waals surface area contributed by atoms with Gasteiger partial charge in [0, 0.05) is 12.4 Å². The molecule has 3 rings (SSSR count). The van der Waals surface area contributed by atoms with Crippen LogP contribution in [-0.4, -0.2) is 56.3 Å². The summed E-state index contributed by atoms with van der Waals surface area (Å²) < 4.78 is 56.4. The van der Waals surface area contributed by atoms with Gasteiger partial charge in [-0.2, -0.15) is 21.9 Å². The predicted octanol–water partition coefficient (Wildman–Crippen LogP) is 2.71. The van der Waals surface area contributed by atoms with Crippen molar-refractivity contribution in [3.63, 3.8) is 0 Å². The largest absolute Gasteiger partial charge is 0.505 e. The standard InChI is InChI=1S/C21H19N3O10S2/c1-22-20(26)17-11-14-10-13(21(27)28)4-7-16(14)18(19(17)25)24-23-15-5-2-12(3-6-15)8-9-35(29,30)34-36(31,32)33/h2-7,10-11,25H,8-9H2,1H3,(H,22,26)(H,27,28)(H,31,32,33). The van der Waals surface area contributed by atoms with E-state index in [4.69, 9.17) is 4.55 Å². The first-order chi connectivity index (χ1) is 16.8. The third-order valence-electron chi connectivity index (χ3n) is 4.84. The normalized spacial score (nSPS) is 12.2. The fraction of sp³-hybridized carbons (Fsp3) is 0.143. The molecule has 1 amide bonds. The number of aromatic carboxylic acids is 1. The number of hydrogen-bond donors (Lipinski definition) is 4. The number of azo groups is 1. The number of nitrogens with one attached hydrogen (secondary N) is 1. The summed E-state index contributed by atoms with van der Waals surface area (Å²) in [6.07, 6.45) is -0.124. The molecule has 13 nitrogen and oxygen atoms in total. The number of carbonyl (C=O) groups is 2. The number of aromatic hydroxyl groups is 1. The van der Waals surface area contributed by atoms with Gasteiger partial charge < -0.3 is 15.5 Å². The number of hydrogen-bond acceptors (Lipinski definition) is 10. The third-order valence-corrected chi connectivity index (χ3v) is 7.06. The number of phenols is 1. The van der Waals surface area contributed by atoms with E-state index in [2.05, 4.69) is 19.2 Å². The Morgan fingerprint density at radius 2 is 1.67 bits per heavy atom. The van der Waals surface area contributed by atoms with Crippen molar-refractivity contribution in [2.24, 2.45) is 10.2 Å². The van der Waals surface area contributed by atoms with Crippen LogP contribution in [0, 0.1) is 0 Å². The number of fused-ring (bicyclic) bond motifs is 1. The van der Waals surface area contributed by atoms with Crippen molar-refractivity contribution >= 4 is 54.5 Å². The second kappa shape index (κ2) is 10.4. The number of carboxylic acids is 1. The van der Waals surface area contributed by atoms with E-state index in [9.17, 15) is 36.6 Å². The summed E-state index contributed by atoms with van der Waals surface area (Å²) in [6.45, 7) is 0. The van der Waals surface area contributed by atoms with Crippen LogP contribution in [0.3, 0.4) is 0 Å². The zero-order valence-corrected chi connectivity index (χ0v) is 20.1. The minimum absolute atomic E-state index is 0.0291. The first-order valence-electron chi connectivity index (χ1n) is 9.96. The van der Waals surface area contributed by atoms with E-state index in [0.29, 0.717) is 16.3 Å². The molecule has 15 heteroatoms. The lowest BCUT2D eigenvalue weighted by Gasteiger charge is -2.10. The number of carboxylic acid groups (broad SMARTS) is 1. The molecular weight excluding hydrogens is 518 g/mol. The molecule has 0 spiro atoms. The van der Waals surface area contributed by atoms with E-state index in [1.54, 1.807) is 0 Å². The number of phenolic OH excluding ortho intramolecular Hbond substituents is 1. The molecule has 36 heavy (non-hydrogen) atoms. The van der Waals surface area contributed by atoms with E-state index in [1.807, 2.05) is 0 Å². The lowest BCUT2D eigenvalue weighted by molar-refractivity contribution is 0.0696.